The number of benzene rings is 1. The zero-order valence-corrected chi connectivity index (χ0v) is 31.9. The van der Waals surface area contributed by atoms with Crippen molar-refractivity contribution in [2.75, 3.05) is 13.1 Å². The lowest BCUT2D eigenvalue weighted by Crippen LogP contribution is -2.46. The van der Waals surface area contributed by atoms with Gasteiger partial charge in [-0.1, -0.05) is 65.3 Å². The van der Waals surface area contributed by atoms with Crippen molar-refractivity contribution in [1.82, 2.24) is 15.5 Å². The number of nitrogens with one attached hydrogen (secondary N) is 2. The van der Waals surface area contributed by atoms with Gasteiger partial charge in [-0.25, -0.2) is 4.79 Å². The average Bonchev–Trinajstić information content (AvgIpc) is 3.32. The first-order chi connectivity index (χ1) is 23.7. The molecule has 1 aromatic rings. The van der Waals surface area contributed by atoms with Crippen LogP contribution in [0.25, 0.3) is 0 Å². The lowest BCUT2D eigenvalue weighted by atomic mass is 9.80. The van der Waals surface area contributed by atoms with E-state index in [4.69, 9.17) is 10.5 Å². The predicted molar refractivity (Wildman–Crippen MR) is 194 cm³/mol. The monoisotopic (exact) mass is 712 g/mol. The summed E-state index contributed by atoms with van der Waals surface area (Å²) in [6.45, 7) is 15.6. The van der Waals surface area contributed by atoms with Crippen molar-refractivity contribution in [2.24, 2.45) is 34.3 Å². The molecular formula is C39H60N4O8. The van der Waals surface area contributed by atoms with E-state index in [0.717, 1.165) is 11.1 Å². The third-order valence-electron chi connectivity index (χ3n) is 9.27. The number of imide groups is 1. The topological polar surface area (TPSA) is 182 Å². The van der Waals surface area contributed by atoms with Crippen LogP contribution in [0, 0.1) is 28.6 Å². The molecule has 51 heavy (non-hydrogen) atoms. The number of esters is 1. The summed E-state index contributed by atoms with van der Waals surface area (Å²) in [5.74, 6) is -2.34. The highest BCUT2D eigenvalue weighted by Crippen LogP contribution is 2.35. The molecule has 0 spiro atoms. The minimum absolute atomic E-state index is 0.0330. The number of nitrogens with two attached hydrogens (primary N) is 1. The SMILES string of the molecule is CC(C)[C@H](CC(=O)CCCCCN1C(=O)CC(C(C)(C)C)C1=O)C(=O)N[C@@H](CCCNC(N)=O)C(=O)Cc1ccc(COC(=O)C(C)(C)C)cc1. The summed E-state index contributed by atoms with van der Waals surface area (Å²) in [6.07, 6.45) is 3.11. The number of nitrogens with zero attached hydrogens (tertiary/aromatic N) is 1. The summed E-state index contributed by atoms with van der Waals surface area (Å²) < 4.78 is 5.37. The van der Waals surface area contributed by atoms with Gasteiger partial charge in [0, 0.05) is 44.7 Å². The molecule has 1 heterocycles. The fourth-order valence-electron chi connectivity index (χ4n) is 5.90. The number of unbranched alkanes of at least 4 members (excludes halogenated alkanes) is 2. The van der Waals surface area contributed by atoms with Crippen molar-refractivity contribution >= 4 is 41.3 Å². The van der Waals surface area contributed by atoms with Crippen LogP contribution in [0.15, 0.2) is 24.3 Å². The van der Waals surface area contributed by atoms with E-state index in [2.05, 4.69) is 10.6 Å². The average molecular weight is 713 g/mol. The van der Waals surface area contributed by atoms with Crippen molar-refractivity contribution in [2.45, 2.75) is 126 Å². The number of primary amides is 1. The smallest absolute Gasteiger partial charge is 0.312 e. The van der Waals surface area contributed by atoms with Crippen molar-refractivity contribution in [3.63, 3.8) is 0 Å². The highest BCUT2D eigenvalue weighted by molar-refractivity contribution is 6.03. The minimum Gasteiger partial charge on any atom is -0.460 e. The minimum atomic E-state index is -0.843. The van der Waals surface area contributed by atoms with Gasteiger partial charge in [-0.05, 0) is 68.9 Å². The zero-order valence-electron chi connectivity index (χ0n) is 31.9. The van der Waals surface area contributed by atoms with Gasteiger partial charge in [-0.2, -0.15) is 0 Å². The summed E-state index contributed by atoms with van der Waals surface area (Å²) in [7, 11) is 0. The lowest BCUT2D eigenvalue weighted by molar-refractivity contribution is -0.154. The number of hydrogen-bond acceptors (Lipinski definition) is 8. The Morgan fingerprint density at radius 2 is 1.55 bits per heavy atom. The first kappa shape index (κ1) is 43.1. The Kier molecular flexibility index (Phi) is 16.5. The molecule has 0 saturated carbocycles. The Morgan fingerprint density at radius 1 is 0.922 bits per heavy atom. The van der Waals surface area contributed by atoms with Gasteiger partial charge in [-0.3, -0.25) is 33.7 Å². The molecule has 3 atom stereocenters. The molecule has 1 aliphatic rings. The third-order valence-corrected chi connectivity index (χ3v) is 9.27. The molecule has 2 rings (SSSR count). The highest BCUT2D eigenvalue weighted by Gasteiger charge is 2.44. The molecule has 0 bridgehead atoms. The first-order valence-corrected chi connectivity index (χ1v) is 18.2. The number of likely N-dealkylation sites (tertiary alicyclic amines) is 1. The molecule has 5 amide bonds. The third kappa shape index (κ3) is 14.6. The number of rotatable bonds is 20. The number of urea groups is 1. The van der Waals surface area contributed by atoms with Gasteiger partial charge < -0.3 is 21.1 Å². The van der Waals surface area contributed by atoms with E-state index < -0.39 is 23.4 Å². The molecule has 1 aromatic carbocycles. The quantitative estimate of drug-likeness (QED) is 0.0956. The summed E-state index contributed by atoms with van der Waals surface area (Å²) in [6, 6.07) is 5.62. The Balaban J connectivity index is 1.95. The van der Waals surface area contributed by atoms with Crippen molar-refractivity contribution in [1.29, 1.82) is 0 Å². The maximum atomic E-state index is 13.5. The molecule has 1 fully saturated rings. The summed E-state index contributed by atoms with van der Waals surface area (Å²) >= 11 is 0. The molecule has 0 aromatic heterocycles. The van der Waals surface area contributed by atoms with E-state index in [0.29, 0.717) is 32.2 Å². The van der Waals surface area contributed by atoms with Crippen LogP contribution in [-0.4, -0.2) is 65.3 Å². The molecule has 0 radical (unpaired) electrons. The molecule has 12 heteroatoms. The Bertz CT molecular complexity index is 1390. The Morgan fingerprint density at radius 3 is 2.10 bits per heavy atom. The molecule has 1 unspecified atom stereocenters. The van der Waals surface area contributed by atoms with Crippen molar-refractivity contribution in [3.8, 4) is 0 Å². The molecule has 0 aliphatic carbocycles. The Hall–Kier alpha value is -4.09. The predicted octanol–water partition coefficient (Wildman–Crippen LogP) is 5.03. The van der Waals surface area contributed by atoms with Crippen LogP contribution in [-0.2, 0) is 46.5 Å². The van der Waals surface area contributed by atoms with Gasteiger partial charge in [0.15, 0.2) is 5.78 Å². The second-order valence-corrected chi connectivity index (χ2v) is 16.2. The molecule has 1 aliphatic heterocycles. The van der Waals surface area contributed by atoms with E-state index in [-0.39, 0.29) is 97.8 Å². The maximum Gasteiger partial charge on any atom is 0.312 e. The second kappa shape index (κ2) is 19.5. The largest absolute Gasteiger partial charge is 0.460 e. The second-order valence-electron chi connectivity index (χ2n) is 16.2. The molecule has 12 nitrogen and oxygen atoms in total. The number of carbonyl (C=O) groups excluding carboxylic acids is 7. The molecule has 4 N–H and O–H groups in total. The van der Waals surface area contributed by atoms with Gasteiger partial charge in [0.1, 0.15) is 12.4 Å². The van der Waals surface area contributed by atoms with Crippen LogP contribution in [0.4, 0.5) is 4.79 Å². The first-order valence-electron chi connectivity index (χ1n) is 18.2. The number of ketones is 2. The standard InChI is InChI=1S/C39H60N4O8/c1-25(2)29(22-28(44)13-10-9-11-20-43-33(46)23-30(35(43)48)38(3,4)5)34(47)42-31(14-12-19-41-37(40)50)32(45)21-26-15-17-27(18-16-26)24-51-36(49)39(6,7)8/h15-18,25,29-31H,9-14,19-24H2,1-8H3,(H,42,47)(H3,40,41,50)/t29-,30?,31-/m0/s1. The normalized spacial score (nSPS) is 16.2. The van der Waals surface area contributed by atoms with Crippen LogP contribution >= 0.6 is 0 Å². The van der Waals surface area contributed by atoms with Crippen LogP contribution in [0.1, 0.15) is 118 Å². The van der Waals surface area contributed by atoms with Crippen LogP contribution in [0.2, 0.25) is 0 Å². The molecular weight excluding hydrogens is 652 g/mol. The van der Waals surface area contributed by atoms with Crippen molar-refractivity contribution in [3.05, 3.63) is 35.4 Å². The van der Waals surface area contributed by atoms with Gasteiger partial charge in [0.05, 0.1) is 17.4 Å². The summed E-state index contributed by atoms with van der Waals surface area (Å²) in [5.41, 5.74) is 5.79. The number of hydrogen-bond donors (Lipinski definition) is 3. The number of Topliss-reactive ketones (excluding diaryl/α,β-unsaturated/α-hetero) is 2. The van der Waals surface area contributed by atoms with E-state index in [1.807, 2.05) is 34.6 Å². The van der Waals surface area contributed by atoms with Gasteiger partial charge in [0.2, 0.25) is 17.7 Å². The number of amides is 5. The van der Waals surface area contributed by atoms with E-state index in [1.54, 1.807) is 45.0 Å². The molecule has 284 valence electrons. The van der Waals surface area contributed by atoms with Gasteiger partial charge in [0.25, 0.3) is 0 Å². The summed E-state index contributed by atoms with van der Waals surface area (Å²) in [5, 5.41) is 5.39. The van der Waals surface area contributed by atoms with E-state index in [1.165, 1.54) is 4.90 Å². The lowest BCUT2D eigenvalue weighted by Gasteiger charge is -2.25. The Labute approximate surface area is 303 Å². The van der Waals surface area contributed by atoms with Crippen molar-refractivity contribution < 1.29 is 38.3 Å². The van der Waals surface area contributed by atoms with E-state index >= 15 is 0 Å². The molecule has 1 saturated heterocycles. The maximum absolute atomic E-state index is 13.5. The van der Waals surface area contributed by atoms with Gasteiger partial charge >= 0.3 is 12.0 Å². The fourth-order valence-corrected chi connectivity index (χ4v) is 5.90. The van der Waals surface area contributed by atoms with Crippen LogP contribution in [0.3, 0.4) is 0 Å². The van der Waals surface area contributed by atoms with Gasteiger partial charge in [-0.15, -0.1) is 0 Å². The summed E-state index contributed by atoms with van der Waals surface area (Å²) in [4.78, 5) is 89.8. The number of ether oxygens (including phenoxy) is 1. The van der Waals surface area contributed by atoms with E-state index in [9.17, 15) is 33.6 Å². The van der Waals surface area contributed by atoms with Crippen LogP contribution < -0.4 is 16.4 Å². The fraction of sp³-hybridized carbons (Fsp3) is 0.667. The van der Waals surface area contributed by atoms with Crippen LogP contribution in [0.5, 0.6) is 0 Å². The zero-order chi connectivity index (χ0) is 38.5. The number of carbonyl (C=O) groups is 7. The highest BCUT2D eigenvalue weighted by atomic mass is 16.5.